The van der Waals surface area contributed by atoms with Crippen LogP contribution in [-0.4, -0.2) is 51.3 Å². The van der Waals surface area contributed by atoms with Crippen molar-refractivity contribution in [3.63, 3.8) is 0 Å². The summed E-state index contributed by atoms with van der Waals surface area (Å²) in [5, 5.41) is 9.18. The molecule has 122 valence electrons. The minimum Gasteiger partial charge on any atom is -0.377 e. The Morgan fingerprint density at radius 3 is 2.36 bits per heavy atom. The van der Waals surface area contributed by atoms with Crippen molar-refractivity contribution in [1.82, 2.24) is 16.0 Å². The molecule has 0 aliphatic carbocycles. The molecule has 6 heteroatoms. The number of aliphatic imine (C=N–C) groups is 1. The highest BCUT2D eigenvalue weighted by Crippen LogP contribution is 2.04. The van der Waals surface area contributed by atoms with E-state index < -0.39 is 0 Å². The smallest absolute Gasteiger partial charge is 0.251 e. The predicted molar refractivity (Wildman–Crippen MR) is 89.2 cm³/mol. The lowest BCUT2D eigenvalue weighted by atomic mass is 10.1. The Kier molecular flexibility index (Phi) is 7.39. The second kappa shape index (κ2) is 9.04. The molecule has 0 saturated heterocycles. The second-order valence-electron chi connectivity index (χ2n) is 5.44. The Morgan fingerprint density at radius 2 is 1.77 bits per heavy atom. The summed E-state index contributed by atoms with van der Waals surface area (Å²) in [5.74, 6) is 0.602. The largest absolute Gasteiger partial charge is 0.377 e. The number of nitrogens with one attached hydrogen (secondary N) is 3. The Morgan fingerprint density at radius 1 is 1.14 bits per heavy atom. The lowest BCUT2D eigenvalue weighted by Gasteiger charge is -2.24. The molecular weight excluding hydrogens is 280 g/mol. The molecule has 0 bridgehead atoms. The molecule has 1 aromatic rings. The quantitative estimate of drug-likeness (QED) is 0.399. The van der Waals surface area contributed by atoms with Crippen LogP contribution in [0.4, 0.5) is 0 Å². The SMILES string of the molecule is CN=C(NCCNC(=O)c1ccccc1)NCC(C)(C)OC. The fourth-order valence-electron chi connectivity index (χ4n) is 1.64. The third-order valence-electron chi connectivity index (χ3n) is 3.20. The van der Waals surface area contributed by atoms with E-state index >= 15 is 0 Å². The number of methoxy groups -OCH3 is 1. The zero-order chi connectivity index (χ0) is 16.4. The van der Waals surface area contributed by atoms with E-state index in [9.17, 15) is 4.79 Å². The third-order valence-corrected chi connectivity index (χ3v) is 3.20. The molecular formula is C16H26N4O2. The average molecular weight is 306 g/mol. The highest BCUT2D eigenvalue weighted by Gasteiger charge is 2.16. The van der Waals surface area contributed by atoms with Crippen molar-refractivity contribution in [3.05, 3.63) is 35.9 Å². The maximum atomic E-state index is 11.9. The van der Waals surface area contributed by atoms with Crippen molar-refractivity contribution in [3.8, 4) is 0 Å². The molecule has 0 fully saturated rings. The number of hydrogen-bond acceptors (Lipinski definition) is 3. The molecule has 3 N–H and O–H groups in total. The van der Waals surface area contributed by atoms with E-state index in [0.29, 0.717) is 31.2 Å². The Hall–Kier alpha value is -2.08. The summed E-state index contributed by atoms with van der Waals surface area (Å²) in [7, 11) is 3.38. The molecule has 0 aliphatic heterocycles. The van der Waals surface area contributed by atoms with Crippen LogP contribution in [0.1, 0.15) is 24.2 Å². The van der Waals surface area contributed by atoms with Crippen LogP contribution in [0.25, 0.3) is 0 Å². The van der Waals surface area contributed by atoms with Crippen LogP contribution in [-0.2, 0) is 4.74 Å². The zero-order valence-electron chi connectivity index (χ0n) is 13.8. The molecule has 0 spiro atoms. The predicted octanol–water partition coefficient (Wildman–Crippen LogP) is 1.01. The van der Waals surface area contributed by atoms with E-state index in [-0.39, 0.29) is 11.5 Å². The van der Waals surface area contributed by atoms with Gasteiger partial charge in [0.2, 0.25) is 0 Å². The van der Waals surface area contributed by atoms with E-state index in [1.165, 1.54) is 0 Å². The summed E-state index contributed by atoms with van der Waals surface area (Å²) >= 11 is 0. The maximum absolute atomic E-state index is 11.9. The van der Waals surface area contributed by atoms with Crippen LogP contribution in [0.3, 0.4) is 0 Å². The summed E-state index contributed by atoms with van der Waals surface area (Å²) in [5.41, 5.74) is 0.394. The topological polar surface area (TPSA) is 74.8 Å². The van der Waals surface area contributed by atoms with Crippen molar-refractivity contribution in [2.24, 2.45) is 4.99 Å². The van der Waals surface area contributed by atoms with Gasteiger partial charge < -0.3 is 20.7 Å². The van der Waals surface area contributed by atoms with Crippen LogP contribution in [0.2, 0.25) is 0 Å². The molecule has 0 radical (unpaired) electrons. The van der Waals surface area contributed by atoms with Gasteiger partial charge in [0.25, 0.3) is 5.91 Å². The first-order valence-corrected chi connectivity index (χ1v) is 7.31. The molecule has 6 nitrogen and oxygen atoms in total. The van der Waals surface area contributed by atoms with Gasteiger partial charge in [-0.05, 0) is 26.0 Å². The van der Waals surface area contributed by atoms with Crippen molar-refractivity contribution < 1.29 is 9.53 Å². The van der Waals surface area contributed by atoms with Crippen molar-refractivity contribution in [1.29, 1.82) is 0 Å². The van der Waals surface area contributed by atoms with Gasteiger partial charge in [-0.3, -0.25) is 9.79 Å². The fraction of sp³-hybridized carbons (Fsp3) is 0.500. The maximum Gasteiger partial charge on any atom is 0.251 e. The summed E-state index contributed by atoms with van der Waals surface area (Å²) in [4.78, 5) is 16.0. The van der Waals surface area contributed by atoms with Crippen LogP contribution >= 0.6 is 0 Å². The molecule has 0 aromatic heterocycles. The number of carbonyl (C=O) groups is 1. The number of benzene rings is 1. The fourth-order valence-corrected chi connectivity index (χ4v) is 1.64. The third kappa shape index (κ3) is 6.58. The van der Waals surface area contributed by atoms with Gasteiger partial charge in [-0.2, -0.15) is 0 Å². The first-order valence-electron chi connectivity index (χ1n) is 7.31. The molecule has 22 heavy (non-hydrogen) atoms. The van der Waals surface area contributed by atoms with E-state index in [0.717, 1.165) is 0 Å². The van der Waals surface area contributed by atoms with Crippen LogP contribution in [0.15, 0.2) is 35.3 Å². The number of carbonyl (C=O) groups excluding carboxylic acids is 1. The van der Waals surface area contributed by atoms with E-state index in [2.05, 4.69) is 20.9 Å². The highest BCUT2D eigenvalue weighted by atomic mass is 16.5. The molecule has 1 amide bonds. The molecule has 0 unspecified atom stereocenters. The van der Waals surface area contributed by atoms with E-state index in [4.69, 9.17) is 4.74 Å². The number of nitrogens with zero attached hydrogens (tertiary/aromatic N) is 1. The highest BCUT2D eigenvalue weighted by molar-refractivity contribution is 5.94. The van der Waals surface area contributed by atoms with Crippen LogP contribution in [0.5, 0.6) is 0 Å². The first-order chi connectivity index (χ1) is 10.5. The Labute approximate surface area is 132 Å². The lowest BCUT2D eigenvalue weighted by molar-refractivity contribution is 0.0268. The van der Waals surface area contributed by atoms with Gasteiger partial charge in [-0.1, -0.05) is 18.2 Å². The summed E-state index contributed by atoms with van der Waals surface area (Å²) < 4.78 is 5.34. The van der Waals surface area contributed by atoms with Gasteiger partial charge in [0.05, 0.1) is 5.60 Å². The minimum absolute atomic E-state index is 0.0779. The van der Waals surface area contributed by atoms with Gasteiger partial charge in [0.15, 0.2) is 5.96 Å². The molecule has 0 atom stereocenters. The number of rotatable bonds is 7. The number of hydrogen-bond donors (Lipinski definition) is 3. The molecule has 0 heterocycles. The first kappa shape index (κ1) is 18.0. The number of ether oxygens (including phenoxy) is 1. The monoisotopic (exact) mass is 306 g/mol. The second-order valence-corrected chi connectivity index (χ2v) is 5.44. The lowest BCUT2D eigenvalue weighted by Crippen LogP contribution is -2.46. The minimum atomic E-state index is -0.265. The molecule has 1 rings (SSSR count). The van der Waals surface area contributed by atoms with Gasteiger partial charge in [0.1, 0.15) is 0 Å². The van der Waals surface area contributed by atoms with Gasteiger partial charge in [-0.15, -0.1) is 0 Å². The zero-order valence-corrected chi connectivity index (χ0v) is 13.8. The summed E-state index contributed by atoms with van der Waals surface area (Å²) in [6, 6.07) is 9.15. The standard InChI is InChI=1S/C16H26N4O2/c1-16(2,22-4)12-20-15(17-3)19-11-10-18-14(21)13-8-6-5-7-9-13/h5-9H,10-12H2,1-4H3,(H,18,21)(H2,17,19,20). The van der Waals surface area contributed by atoms with Crippen LogP contribution < -0.4 is 16.0 Å². The van der Waals surface area contributed by atoms with Crippen molar-refractivity contribution in [2.45, 2.75) is 19.4 Å². The van der Waals surface area contributed by atoms with Gasteiger partial charge in [0, 0.05) is 39.4 Å². The average Bonchev–Trinajstić information content (AvgIpc) is 2.54. The van der Waals surface area contributed by atoms with Crippen LogP contribution in [0, 0.1) is 0 Å². The van der Waals surface area contributed by atoms with Gasteiger partial charge >= 0.3 is 0 Å². The Bertz CT molecular complexity index is 486. The summed E-state index contributed by atoms with van der Waals surface area (Å²) in [6.07, 6.45) is 0. The normalized spacial score (nSPS) is 11.9. The van der Waals surface area contributed by atoms with Crippen molar-refractivity contribution in [2.75, 3.05) is 33.8 Å². The number of guanidine groups is 1. The molecule has 0 saturated carbocycles. The molecule has 1 aromatic carbocycles. The van der Waals surface area contributed by atoms with E-state index in [1.54, 1.807) is 26.3 Å². The summed E-state index contributed by atoms with van der Waals surface area (Å²) in [6.45, 7) is 5.73. The van der Waals surface area contributed by atoms with Gasteiger partial charge in [-0.25, -0.2) is 0 Å². The van der Waals surface area contributed by atoms with Crippen molar-refractivity contribution >= 4 is 11.9 Å². The van der Waals surface area contributed by atoms with E-state index in [1.807, 2.05) is 32.0 Å². The molecule has 0 aliphatic rings. The number of amides is 1. The Balaban J connectivity index is 2.26.